The number of aliphatic imine (C=N–C) groups is 1. The number of carbonyl (C=O) groups is 1. The summed E-state index contributed by atoms with van der Waals surface area (Å²) in [5.74, 6) is 0. The molecule has 0 radical (unpaired) electrons. The molecule has 4 heteroatoms. The lowest BCUT2D eigenvalue weighted by Gasteiger charge is -2.14. The molecule has 0 aliphatic rings. The maximum absolute atomic E-state index is 10.5. The van der Waals surface area contributed by atoms with Crippen molar-refractivity contribution in [1.29, 1.82) is 0 Å². The Balaban J connectivity index is 4.01. The molecule has 11 heavy (non-hydrogen) atoms. The van der Waals surface area contributed by atoms with Crippen LogP contribution in [0.1, 0.15) is 13.8 Å². The Bertz CT molecular complexity index is 166. The fraction of sp³-hybridized carbons (Fsp3) is 0.714. The van der Waals surface area contributed by atoms with E-state index in [1.165, 1.54) is 7.11 Å². The lowest BCUT2D eigenvalue weighted by Crippen LogP contribution is -2.16. The summed E-state index contributed by atoms with van der Waals surface area (Å²) in [4.78, 5) is 14.1. The van der Waals surface area contributed by atoms with E-state index < -0.39 is 6.09 Å². The Morgan fingerprint density at radius 3 is 2.55 bits per heavy atom. The third-order valence-electron chi connectivity index (χ3n) is 1.18. The normalized spacial score (nSPS) is 12.0. The van der Waals surface area contributed by atoms with Gasteiger partial charge in [-0.25, -0.2) is 4.79 Å². The Morgan fingerprint density at radius 1 is 1.64 bits per heavy atom. The van der Waals surface area contributed by atoms with E-state index in [-0.39, 0.29) is 4.75 Å². The van der Waals surface area contributed by atoms with Crippen LogP contribution in [0.4, 0.5) is 4.79 Å². The molecule has 1 amide bonds. The number of carbonyl (C=O) groups excluding carboxylic acids is 1. The van der Waals surface area contributed by atoms with Crippen molar-refractivity contribution in [2.75, 3.05) is 13.4 Å². The average Bonchev–Trinajstić information content (AvgIpc) is 2.00. The van der Waals surface area contributed by atoms with E-state index in [9.17, 15) is 4.79 Å². The van der Waals surface area contributed by atoms with Crippen LogP contribution in [0.15, 0.2) is 4.99 Å². The first-order valence-corrected chi connectivity index (χ1v) is 4.42. The number of methoxy groups -OCH3 is 1. The number of nitrogens with zero attached hydrogens (tertiary/aromatic N) is 1. The van der Waals surface area contributed by atoms with Crippen molar-refractivity contribution in [2.45, 2.75) is 18.6 Å². The minimum atomic E-state index is -0.549. The summed E-state index contributed by atoms with van der Waals surface area (Å²) in [6, 6.07) is 0. The SMILES string of the molecule is COC(=O)N=CC(C)(C)SC. The zero-order chi connectivity index (χ0) is 8.91. The van der Waals surface area contributed by atoms with Crippen molar-refractivity contribution in [3.05, 3.63) is 0 Å². The molecule has 0 aromatic rings. The first-order chi connectivity index (χ1) is 5.02. The number of hydrogen-bond donors (Lipinski definition) is 0. The van der Waals surface area contributed by atoms with E-state index in [1.54, 1.807) is 18.0 Å². The second-order valence-electron chi connectivity index (χ2n) is 2.54. The predicted octanol–water partition coefficient (Wildman–Crippen LogP) is 1.97. The van der Waals surface area contributed by atoms with Crippen molar-refractivity contribution in [1.82, 2.24) is 0 Å². The molecule has 0 heterocycles. The van der Waals surface area contributed by atoms with Gasteiger partial charge in [0.15, 0.2) is 0 Å². The lowest BCUT2D eigenvalue weighted by atomic mass is 10.2. The summed E-state index contributed by atoms with van der Waals surface area (Å²) in [5, 5.41) is 0. The summed E-state index contributed by atoms with van der Waals surface area (Å²) >= 11 is 1.62. The van der Waals surface area contributed by atoms with Gasteiger partial charge in [0.1, 0.15) is 0 Å². The Kier molecular flexibility index (Phi) is 4.18. The van der Waals surface area contributed by atoms with Crippen molar-refractivity contribution in [3.8, 4) is 0 Å². The van der Waals surface area contributed by atoms with E-state index >= 15 is 0 Å². The zero-order valence-electron chi connectivity index (χ0n) is 7.25. The van der Waals surface area contributed by atoms with E-state index in [0.717, 1.165) is 0 Å². The molecular formula is C7H13NO2S. The van der Waals surface area contributed by atoms with Crippen molar-refractivity contribution in [3.63, 3.8) is 0 Å². The number of hydrogen-bond acceptors (Lipinski definition) is 3. The number of amides is 1. The monoisotopic (exact) mass is 175 g/mol. The highest BCUT2D eigenvalue weighted by Crippen LogP contribution is 2.17. The third-order valence-corrected chi connectivity index (χ3v) is 2.34. The first kappa shape index (κ1) is 10.5. The summed E-state index contributed by atoms with van der Waals surface area (Å²) in [6.45, 7) is 3.95. The van der Waals surface area contributed by atoms with Gasteiger partial charge in [0, 0.05) is 11.0 Å². The molecule has 0 spiro atoms. The fourth-order valence-corrected chi connectivity index (χ4v) is 0.472. The number of ether oxygens (including phenoxy) is 1. The van der Waals surface area contributed by atoms with E-state index in [0.29, 0.717) is 0 Å². The largest absolute Gasteiger partial charge is 0.451 e. The van der Waals surface area contributed by atoms with Gasteiger partial charge < -0.3 is 4.74 Å². The zero-order valence-corrected chi connectivity index (χ0v) is 8.07. The van der Waals surface area contributed by atoms with Crippen LogP contribution in [0.3, 0.4) is 0 Å². The molecule has 3 nitrogen and oxygen atoms in total. The first-order valence-electron chi connectivity index (χ1n) is 3.20. The van der Waals surface area contributed by atoms with Crippen LogP contribution >= 0.6 is 11.8 Å². The van der Waals surface area contributed by atoms with Crippen molar-refractivity contribution in [2.24, 2.45) is 4.99 Å². The van der Waals surface area contributed by atoms with Gasteiger partial charge >= 0.3 is 6.09 Å². The quantitative estimate of drug-likeness (QED) is 0.602. The fourth-order valence-electron chi connectivity index (χ4n) is 0.314. The standard InChI is InChI=1S/C7H13NO2S/c1-7(2,11-4)5-8-6(9)10-3/h5H,1-4H3. The molecule has 0 saturated carbocycles. The predicted molar refractivity (Wildman–Crippen MR) is 48.5 cm³/mol. The topological polar surface area (TPSA) is 38.7 Å². The Morgan fingerprint density at radius 2 is 2.18 bits per heavy atom. The van der Waals surface area contributed by atoms with Crippen LogP contribution < -0.4 is 0 Å². The molecular weight excluding hydrogens is 162 g/mol. The molecule has 0 unspecified atom stereocenters. The summed E-state index contributed by atoms with van der Waals surface area (Å²) in [5.41, 5.74) is 0. The highest BCUT2D eigenvalue weighted by Gasteiger charge is 2.12. The maximum Gasteiger partial charge on any atom is 0.432 e. The van der Waals surface area contributed by atoms with Crippen LogP contribution in [0.5, 0.6) is 0 Å². The molecule has 0 aliphatic carbocycles. The van der Waals surface area contributed by atoms with Gasteiger partial charge in [-0.15, -0.1) is 0 Å². The summed E-state index contributed by atoms with van der Waals surface area (Å²) < 4.78 is 4.24. The molecule has 0 bridgehead atoms. The highest BCUT2D eigenvalue weighted by molar-refractivity contribution is 8.00. The molecule has 0 atom stereocenters. The molecule has 64 valence electrons. The summed E-state index contributed by atoms with van der Waals surface area (Å²) in [7, 11) is 1.31. The minimum absolute atomic E-state index is 0.103. The van der Waals surface area contributed by atoms with Crippen molar-refractivity contribution < 1.29 is 9.53 Å². The third kappa shape index (κ3) is 4.84. The minimum Gasteiger partial charge on any atom is -0.451 e. The summed E-state index contributed by atoms with van der Waals surface area (Å²) in [6.07, 6.45) is 3.00. The van der Waals surface area contributed by atoms with Crippen molar-refractivity contribution >= 4 is 24.1 Å². The van der Waals surface area contributed by atoms with E-state index in [2.05, 4.69) is 9.73 Å². The maximum atomic E-state index is 10.5. The van der Waals surface area contributed by atoms with Gasteiger partial charge in [-0.2, -0.15) is 16.8 Å². The van der Waals surface area contributed by atoms with Crippen LogP contribution in [0.25, 0.3) is 0 Å². The van der Waals surface area contributed by atoms with E-state index in [1.807, 2.05) is 20.1 Å². The van der Waals surface area contributed by atoms with Crippen LogP contribution in [0.2, 0.25) is 0 Å². The number of thioether (sulfide) groups is 1. The van der Waals surface area contributed by atoms with Gasteiger partial charge in [0.05, 0.1) is 7.11 Å². The Hall–Kier alpha value is -0.510. The highest BCUT2D eigenvalue weighted by atomic mass is 32.2. The molecule has 0 N–H and O–H groups in total. The molecule has 0 rings (SSSR count). The van der Waals surface area contributed by atoms with Crippen LogP contribution in [-0.4, -0.2) is 30.4 Å². The molecule has 0 aliphatic heterocycles. The van der Waals surface area contributed by atoms with Gasteiger partial charge in [-0.1, -0.05) is 0 Å². The van der Waals surface area contributed by atoms with Crippen LogP contribution in [0, 0.1) is 0 Å². The number of rotatable bonds is 2. The van der Waals surface area contributed by atoms with Gasteiger partial charge in [-0.3, -0.25) is 0 Å². The smallest absolute Gasteiger partial charge is 0.432 e. The van der Waals surface area contributed by atoms with E-state index in [4.69, 9.17) is 0 Å². The van der Waals surface area contributed by atoms with Gasteiger partial charge in [0.25, 0.3) is 0 Å². The molecule has 0 saturated heterocycles. The lowest BCUT2D eigenvalue weighted by molar-refractivity contribution is 0.182. The second-order valence-corrected chi connectivity index (χ2v) is 4.00. The van der Waals surface area contributed by atoms with Gasteiger partial charge in [-0.05, 0) is 20.1 Å². The second kappa shape index (κ2) is 4.38. The molecule has 0 fully saturated rings. The average molecular weight is 175 g/mol. The molecule has 0 aromatic carbocycles. The molecule has 0 aromatic heterocycles. The van der Waals surface area contributed by atoms with Crippen LogP contribution in [-0.2, 0) is 4.74 Å². The van der Waals surface area contributed by atoms with Gasteiger partial charge in [0.2, 0.25) is 0 Å². The Labute approximate surface area is 71.2 Å².